The third kappa shape index (κ3) is 1.51. The number of hydrogen-bond acceptors (Lipinski definition) is 5. The van der Waals surface area contributed by atoms with E-state index in [4.69, 9.17) is 9.47 Å². The van der Waals surface area contributed by atoms with Crippen molar-refractivity contribution in [2.75, 3.05) is 13.7 Å². The van der Waals surface area contributed by atoms with Gasteiger partial charge >= 0.3 is 5.97 Å². The Morgan fingerprint density at radius 2 is 2.21 bits per heavy atom. The Labute approximate surface area is 82.7 Å². The summed E-state index contributed by atoms with van der Waals surface area (Å²) in [6, 6.07) is -0.397. The molecule has 0 aromatic rings. The molecule has 3 atom stereocenters. The Hall–Kier alpha value is -0.650. The number of hydrogen-bond donors (Lipinski definition) is 1. The van der Waals surface area contributed by atoms with E-state index < -0.39 is 11.8 Å². The van der Waals surface area contributed by atoms with Gasteiger partial charge in [-0.2, -0.15) is 0 Å². The van der Waals surface area contributed by atoms with E-state index >= 15 is 0 Å². The molecule has 2 saturated heterocycles. The van der Waals surface area contributed by atoms with Crippen LogP contribution in [-0.4, -0.2) is 43.7 Å². The normalized spacial score (nSPS) is 39.5. The Kier molecular flexibility index (Phi) is 2.25. The Morgan fingerprint density at radius 3 is 2.86 bits per heavy atom. The van der Waals surface area contributed by atoms with Crippen LogP contribution >= 0.6 is 0 Å². The molecule has 0 aromatic carbocycles. The van der Waals surface area contributed by atoms with Crippen molar-refractivity contribution in [3.63, 3.8) is 0 Å². The molecule has 5 heteroatoms. The number of carbonyl (C=O) groups is 1. The zero-order valence-corrected chi connectivity index (χ0v) is 8.57. The van der Waals surface area contributed by atoms with Crippen molar-refractivity contribution in [2.24, 2.45) is 0 Å². The highest BCUT2D eigenvalue weighted by Crippen LogP contribution is 2.32. The molecule has 0 aromatic heterocycles. The van der Waals surface area contributed by atoms with E-state index in [-0.39, 0.29) is 18.2 Å². The van der Waals surface area contributed by atoms with Crippen LogP contribution in [0.3, 0.4) is 0 Å². The van der Waals surface area contributed by atoms with Crippen molar-refractivity contribution in [1.82, 2.24) is 5.32 Å². The maximum Gasteiger partial charge on any atom is 0.325 e. The molecule has 2 rings (SSSR count). The molecule has 0 radical (unpaired) electrons. The second-order valence-corrected chi connectivity index (χ2v) is 4.05. The van der Waals surface area contributed by atoms with Crippen molar-refractivity contribution >= 4 is 5.97 Å². The van der Waals surface area contributed by atoms with Gasteiger partial charge in [-0.25, -0.2) is 0 Å². The van der Waals surface area contributed by atoms with E-state index in [9.17, 15) is 4.79 Å². The second-order valence-electron chi connectivity index (χ2n) is 4.05. The molecule has 0 unspecified atom stereocenters. The van der Waals surface area contributed by atoms with Crippen molar-refractivity contribution in [3.8, 4) is 0 Å². The minimum atomic E-state index is -0.594. The average molecular weight is 201 g/mol. The summed E-state index contributed by atoms with van der Waals surface area (Å²) in [5.74, 6) is -0.886. The van der Waals surface area contributed by atoms with Gasteiger partial charge in [0.15, 0.2) is 5.79 Å². The number of nitrogens with one attached hydrogen (secondary N) is 1. The van der Waals surface area contributed by atoms with Crippen LogP contribution in [0, 0.1) is 0 Å². The monoisotopic (exact) mass is 201 g/mol. The molecule has 0 spiro atoms. The summed E-state index contributed by atoms with van der Waals surface area (Å²) in [7, 11) is 1.37. The smallest absolute Gasteiger partial charge is 0.325 e. The zero-order valence-electron chi connectivity index (χ0n) is 8.57. The van der Waals surface area contributed by atoms with Gasteiger partial charge in [0.1, 0.15) is 18.2 Å². The molecule has 0 bridgehead atoms. The second kappa shape index (κ2) is 3.18. The number of carbonyl (C=O) groups excluding carboxylic acids is 1. The van der Waals surface area contributed by atoms with Gasteiger partial charge in [0, 0.05) is 6.54 Å². The van der Waals surface area contributed by atoms with E-state index in [1.54, 1.807) is 0 Å². The molecule has 1 N–H and O–H groups in total. The standard InChI is InChI=1S/C9H15NO4/c1-9(2)13-5-4-10-6(7(5)14-9)8(11)12-3/h5-7,10H,4H2,1-3H3/t5-,6+,7-/m1/s1. The third-order valence-corrected chi connectivity index (χ3v) is 2.54. The molecule has 0 amide bonds. The number of esters is 1. The summed E-state index contributed by atoms with van der Waals surface area (Å²) in [4.78, 5) is 11.3. The number of ether oxygens (including phenoxy) is 3. The third-order valence-electron chi connectivity index (χ3n) is 2.54. The fourth-order valence-corrected chi connectivity index (χ4v) is 2.01. The van der Waals surface area contributed by atoms with Gasteiger partial charge in [0.05, 0.1) is 7.11 Å². The summed E-state index contributed by atoms with van der Waals surface area (Å²) >= 11 is 0. The first kappa shape index (κ1) is 9.89. The van der Waals surface area contributed by atoms with Crippen molar-refractivity contribution in [2.45, 2.75) is 37.9 Å². The highest BCUT2D eigenvalue weighted by molar-refractivity contribution is 5.77. The average Bonchev–Trinajstić information content (AvgIpc) is 2.58. The summed E-state index contributed by atoms with van der Waals surface area (Å²) in [6.45, 7) is 4.33. The quantitative estimate of drug-likeness (QED) is 0.588. The first-order valence-electron chi connectivity index (χ1n) is 4.70. The summed E-state index contributed by atoms with van der Waals surface area (Å²) in [5, 5.41) is 3.02. The highest BCUT2D eigenvalue weighted by atomic mass is 16.8. The lowest BCUT2D eigenvalue weighted by Crippen LogP contribution is -2.42. The van der Waals surface area contributed by atoms with Crippen LogP contribution in [-0.2, 0) is 19.0 Å². The highest BCUT2D eigenvalue weighted by Gasteiger charge is 2.51. The maximum absolute atomic E-state index is 11.3. The molecule has 0 aliphatic carbocycles. The molecular weight excluding hydrogens is 186 g/mol. The minimum Gasteiger partial charge on any atom is -0.468 e. The summed E-state index contributed by atoms with van der Waals surface area (Å²) in [5.41, 5.74) is 0. The van der Waals surface area contributed by atoms with Crippen LogP contribution in [0.15, 0.2) is 0 Å². The van der Waals surface area contributed by atoms with Crippen LogP contribution < -0.4 is 5.32 Å². The first-order chi connectivity index (χ1) is 6.53. The summed E-state index contributed by atoms with van der Waals surface area (Å²) < 4.78 is 15.9. The number of fused-ring (bicyclic) bond motifs is 1. The van der Waals surface area contributed by atoms with Crippen LogP contribution in [0.4, 0.5) is 0 Å². The van der Waals surface area contributed by atoms with E-state index in [0.29, 0.717) is 6.54 Å². The predicted molar refractivity (Wildman–Crippen MR) is 47.6 cm³/mol. The Bertz CT molecular complexity index is 253. The van der Waals surface area contributed by atoms with Gasteiger partial charge in [0.2, 0.25) is 0 Å². The lowest BCUT2D eigenvalue weighted by Gasteiger charge is -2.20. The topological polar surface area (TPSA) is 56.8 Å². The molecule has 14 heavy (non-hydrogen) atoms. The van der Waals surface area contributed by atoms with E-state index in [1.165, 1.54) is 7.11 Å². The lowest BCUT2D eigenvalue weighted by molar-refractivity contribution is -0.162. The Morgan fingerprint density at radius 1 is 1.50 bits per heavy atom. The van der Waals surface area contributed by atoms with Crippen molar-refractivity contribution in [3.05, 3.63) is 0 Å². The molecule has 2 aliphatic heterocycles. The minimum absolute atomic E-state index is 0.0471. The molecule has 2 fully saturated rings. The fourth-order valence-electron chi connectivity index (χ4n) is 2.01. The molecule has 2 aliphatic rings. The Balaban J connectivity index is 2.08. The van der Waals surface area contributed by atoms with E-state index in [2.05, 4.69) is 10.1 Å². The van der Waals surface area contributed by atoms with Gasteiger partial charge in [-0.3, -0.25) is 10.1 Å². The molecule has 0 saturated carbocycles. The predicted octanol–water partition coefficient (Wildman–Crippen LogP) is -0.349. The van der Waals surface area contributed by atoms with Crippen LogP contribution in [0.25, 0.3) is 0 Å². The lowest BCUT2D eigenvalue weighted by atomic mass is 10.1. The van der Waals surface area contributed by atoms with Crippen molar-refractivity contribution < 1.29 is 19.0 Å². The van der Waals surface area contributed by atoms with Gasteiger partial charge < -0.3 is 14.2 Å². The van der Waals surface area contributed by atoms with Gasteiger partial charge in [-0.1, -0.05) is 0 Å². The van der Waals surface area contributed by atoms with E-state index in [0.717, 1.165) is 0 Å². The molecule has 5 nitrogen and oxygen atoms in total. The summed E-state index contributed by atoms with van der Waals surface area (Å²) in [6.07, 6.45) is -0.272. The van der Waals surface area contributed by atoms with E-state index in [1.807, 2.05) is 13.8 Å². The van der Waals surface area contributed by atoms with Gasteiger partial charge in [-0.05, 0) is 13.8 Å². The van der Waals surface area contributed by atoms with Crippen LogP contribution in [0.2, 0.25) is 0 Å². The SMILES string of the molecule is COC(=O)[C@H]1NC[C@H]2OC(C)(C)O[C@@H]12. The zero-order chi connectivity index (χ0) is 10.3. The van der Waals surface area contributed by atoms with Crippen molar-refractivity contribution in [1.29, 1.82) is 0 Å². The fraction of sp³-hybridized carbons (Fsp3) is 0.889. The molecular formula is C9H15NO4. The maximum atomic E-state index is 11.3. The molecule has 2 heterocycles. The van der Waals surface area contributed by atoms with Crippen LogP contribution in [0.1, 0.15) is 13.8 Å². The largest absolute Gasteiger partial charge is 0.468 e. The van der Waals surface area contributed by atoms with Gasteiger partial charge in [-0.15, -0.1) is 0 Å². The molecule has 80 valence electrons. The number of rotatable bonds is 1. The first-order valence-corrected chi connectivity index (χ1v) is 4.70. The van der Waals surface area contributed by atoms with Crippen LogP contribution in [0.5, 0.6) is 0 Å². The van der Waals surface area contributed by atoms with Gasteiger partial charge in [0.25, 0.3) is 0 Å². The number of methoxy groups -OCH3 is 1.